The molecule has 4 aromatic carbocycles. The maximum Gasteiger partial charge on any atom is 0.228 e. The SMILES string of the molecule is Fc1ccc(Cc2cc3cccc(Br)c3o2)cc1Cl.O=C(c1ccc(F)c(Cl)c1)c1cc2cccc(Br)c2o1. The van der Waals surface area contributed by atoms with Gasteiger partial charge in [-0.15, -0.1) is 0 Å². The Balaban J connectivity index is 0.000000158. The van der Waals surface area contributed by atoms with Gasteiger partial charge in [-0.25, -0.2) is 8.78 Å². The number of furan rings is 2. The number of fused-ring (bicyclic) bond motifs is 2. The van der Waals surface area contributed by atoms with E-state index in [2.05, 4.69) is 31.9 Å². The number of carbonyl (C=O) groups is 1. The van der Waals surface area contributed by atoms with Crippen molar-refractivity contribution in [1.82, 2.24) is 0 Å². The third-order valence-corrected chi connectivity index (χ3v) is 7.64. The molecule has 2 heterocycles. The lowest BCUT2D eigenvalue weighted by atomic mass is 10.1. The van der Waals surface area contributed by atoms with Crippen LogP contribution in [0.1, 0.15) is 27.4 Å². The van der Waals surface area contributed by atoms with Crippen LogP contribution in [0.4, 0.5) is 8.78 Å². The molecule has 0 fully saturated rings. The molecule has 0 aliphatic carbocycles. The second kappa shape index (κ2) is 11.6. The molecule has 0 spiro atoms. The van der Waals surface area contributed by atoms with Crippen molar-refractivity contribution in [2.75, 3.05) is 0 Å². The van der Waals surface area contributed by atoms with Crippen LogP contribution in [-0.4, -0.2) is 5.78 Å². The highest BCUT2D eigenvalue weighted by atomic mass is 79.9. The second-order valence-corrected chi connectivity index (χ2v) is 11.0. The number of hydrogen-bond acceptors (Lipinski definition) is 3. The summed E-state index contributed by atoms with van der Waals surface area (Å²) in [4.78, 5) is 12.3. The molecule has 0 N–H and O–H groups in total. The first-order valence-electron chi connectivity index (χ1n) is 11.5. The van der Waals surface area contributed by atoms with Gasteiger partial charge in [0.05, 0.1) is 19.0 Å². The van der Waals surface area contributed by atoms with Crippen molar-refractivity contribution >= 4 is 82.8 Å². The molecule has 0 radical (unpaired) electrons. The summed E-state index contributed by atoms with van der Waals surface area (Å²) < 4.78 is 39.2. The summed E-state index contributed by atoms with van der Waals surface area (Å²) in [6.07, 6.45) is 0.584. The van der Waals surface area contributed by atoms with E-state index >= 15 is 0 Å². The van der Waals surface area contributed by atoms with Crippen molar-refractivity contribution in [2.24, 2.45) is 0 Å². The van der Waals surface area contributed by atoms with Gasteiger partial charge in [0.25, 0.3) is 0 Å². The highest BCUT2D eigenvalue weighted by molar-refractivity contribution is 9.11. The Hall–Kier alpha value is -2.97. The van der Waals surface area contributed by atoms with Crippen molar-refractivity contribution in [3.05, 3.63) is 138 Å². The van der Waals surface area contributed by atoms with E-state index in [0.29, 0.717) is 12.0 Å². The molecule has 9 heteroatoms. The molecule has 0 bridgehead atoms. The Morgan fingerprint density at radius 1 is 0.718 bits per heavy atom. The summed E-state index contributed by atoms with van der Waals surface area (Å²) in [5, 5.41) is 1.90. The molecule has 2 aromatic heterocycles. The largest absolute Gasteiger partial charge is 0.460 e. The molecular weight excluding hydrogens is 677 g/mol. The zero-order chi connectivity index (χ0) is 27.7. The van der Waals surface area contributed by atoms with Crippen molar-refractivity contribution < 1.29 is 22.4 Å². The molecule has 39 heavy (non-hydrogen) atoms. The topological polar surface area (TPSA) is 43.4 Å². The normalized spacial score (nSPS) is 11.0. The van der Waals surface area contributed by atoms with Gasteiger partial charge < -0.3 is 8.83 Å². The van der Waals surface area contributed by atoms with Crippen LogP contribution in [0.5, 0.6) is 0 Å². The highest BCUT2D eigenvalue weighted by Gasteiger charge is 2.17. The number of hydrogen-bond donors (Lipinski definition) is 0. The van der Waals surface area contributed by atoms with Gasteiger partial charge in [-0.3, -0.25) is 4.79 Å². The third-order valence-electron chi connectivity index (χ3n) is 5.81. The van der Waals surface area contributed by atoms with Crippen LogP contribution in [0.3, 0.4) is 0 Å². The molecule has 0 saturated heterocycles. The van der Waals surface area contributed by atoms with E-state index in [1.165, 1.54) is 18.2 Å². The molecular formula is C30H16Br2Cl2F2O3. The first-order valence-corrected chi connectivity index (χ1v) is 13.8. The number of para-hydroxylation sites is 2. The fourth-order valence-corrected chi connectivity index (χ4v) is 5.25. The Bertz CT molecular complexity index is 1850. The van der Waals surface area contributed by atoms with Gasteiger partial charge in [0.15, 0.2) is 5.76 Å². The van der Waals surface area contributed by atoms with Crippen molar-refractivity contribution in [1.29, 1.82) is 0 Å². The molecule has 6 rings (SSSR count). The van der Waals surface area contributed by atoms with Gasteiger partial charge in [0, 0.05) is 22.8 Å². The van der Waals surface area contributed by atoms with Gasteiger partial charge in [0.2, 0.25) is 5.78 Å². The quantitative estimate of drug-likeness (QED) is 0.173. The van der Waals surface area contributed by atoms with Crippen LogP contribution in [-0.2, 0) is 6.42 Å². The summed E-state index contributed by atoms with van der Waals surface area (Å²) in [6, 6.07) is 23.6. The van der Waals surface area contributed by atoms with Gasteiger partial charge in [-0.05, 0) is 92.0 Å². The monoisotopic (exact) mass is 690 g/mol. The third kappa shape index (κ3) is 6.12. The van der Waals surface area contributed by atoms with Crippen molar-refractivity contribution in [3.8, 4) is 0 Å². The highest BCUT2D eigenvalue weighted by Crippen LogP contribution is 2.30. The number of halogens is 6. The van der Waals surface area contributed by atoms with Crippen LogP contribution < -0.4 is 0 Å². The van der Waals surface area contributed by atoms with E-state index in [1.54, 1.807) is 18.2 Å². The number of carbonyl (C=O) groups excluding carboxylic acids is 1. The van der Waals surface area contributed by atoms with Gasteiger partial charge in [-0.1, -0.05) is 53.5 Å². The maximum absolute atomic E-state index is 13.1. The zero-order valence-electron chi connectivity index (χ0n) is 19.8. The molecule has 3 nitrogen and oxygen atoms in total. The van der Waals surface area contributed by atoms with Gasteiger partial charge in [-0.2, -0.15) is 0 Å². The predicted octanol–water partition coefficient (Wildman–Crippen LogP) is 10.8. The first-order chi connectivity index (χ1) is 18.7. The number of ketones is 1. The van der Waals surface area contributed by atoms with Crippen molar-refractivity contribution in [2.45, 2.75) is 6.42 Å². The summed E-state index contributed by atoms with van der Waals surface area (Å²) >= 11 is 18.3. The van der Waals surface area contributed by atoms with Crippen LogP contribution in [0.25, 0.3) is 21.9 Å². The van der Waals surface area contributed by atoms with Crippen LogP contribution in [0, 0.1) is 11.6 Å². The minimum atomic E-state index is -0.560. The molecule has 196 valence electrons. The zero-order valence-corrected chi connectivity index (χ0v) is 24.5. The Kier molecular flexibility index (Phi) is 8.24. The molecule has 0 saturated carbocycles. The van der Waals surface area contributed by atoms with Gasteiger partial charge in [0.1, 0.15) is 28.6 Å². The Morgan fingerprint density at radius 2 is 1.31 bits per heavy atom. The van der Waals surface area contributed by atoms with Crippen molar-refractivity contribution in [3.63, 3.8) is 0 Å². The molecule has 0 unspecified atom stereocenters. The standard InChI is InChI=1S/C15H7BrClFO2.C15H9BrClFO/c16-10-3-1-2-9-7-13(20-15(9)10)14(19)8-4-5-12(18)11(17)6-8;16-12-3-1-2-10-8-11(19-15(10)12)6-9-4-5-14(18)13(17)7-9/h1-7H;1-5,7-8H,6H2. The Labute approximate surface area is 248 Å². The van der Waals surface area contributed by atoms with E-state index < -0.39 is 11.6 Å². The fourth-order valence-electron chi connectivity index (χ4n) is 3.94. The average Bonchev–Trinajstić information content (AvgIpc) is 3.54. The predicted molar refractivity (Wildman–Crippen MR) is 157 cm³/mol. The van der Waals surface area contributed by atoms with E-state index in [-0.39, 0.29) is 27.2 Å². The van der Waals surface area contributed by atoms with Crippen LogP contribution in [0.2, 0.25) is 10.0 Å². The van der Waals surface area contributed by atoms with Crippen LogP contribution >= 0.6 is 55.1 Å². The number of benzene rings is 4. The number of rotatable bonds is 4. The first kappa shape index (κ1) is 27.6. The molecule has 0 amide bonds. The Morgan fingerprint density at radius 3 is 1.90 bits per heavy atom. The van der Waals surface area contributed by atoms with E-state index in [4.69, 9.17) is 32.0 Å². The van der Waals surface area contributed by atoms with Crippen LogP contribution in [0.15, 0.2) is 103 Å². The van der Waals surface area contributed by atoms with E-state index in [0.717, 1.165) is 42.7 Å². The maximum atomic E-state index is 13.1. The molecule has 0 aliphatic heterocycles. The minimum absolute atomic E-state index is 0.0897. The van der Waals surface area contributed by atoms with E-state index in [1.807, 2.05) is 42.5 Å². The lowest BCUT2D eigenvalue weighted by molar-refractivity contribution is 0.101. The smallest absolute Gasteiger partial charge is 0.228 e. The van der Waals surface area contributed by atoms with E-state index in [9.17, 15) is 13.6 Å². The molecule has 0 atom stereocenters. The lowest BCUT2D eigenvalue weighted by Crippen LogP contribution is -1.99. The summed E-state index contributed by atoms with van der Waals surface area (Å²) in [5.74, 6) is -0.289. The molecule has 6 aromatic rings. The second-order valence-electron chi connectivity index (χ2n) is 8.52. The average molecular weight is 693 g/mol. The fraction of sp³-hybridized carbons (Fsp3) is 0.0333. The molecule has 0 aliphatic rings. The summed E-state index contributed by atoms with van der Waals surface area (Å²) in [6.45, 7) is 0. The lowest BCUT2D eigenvalue weighted by Gasteiger charge is -2.00. The summed E-state index contributed by atoms with van der Waals surface area (Å²) in [7, 11) is 0. The summed E-state index contributed by atoms with van der Waals surface area (Å²) in [5.41, 5.74) is 2.63. The van der Waals surface area contributed by atoms with Gasteiger partial charge >= 0.3 is 0 Å². The minimum Gasteiger partial charge on any atom is -0.460 e.